The van der Waals surface area contributed by atoms with Crippen LogP contribution >= 0.6 is 11.6 Å². The number of hydrogen-bond acceptors (Lipinski definition) is 4. The molecule has 0 aliphatic carbocycles. The first-order valence-corrected chi connectivity index (χ1v) is 10.1. The number of carbonyl (C=O) groups excluding carboxylic acids is 2. The zero-order chi connectivity index (χ0) is 18.8. The molecule has 1 aromatic carbocycles. The van der Waals surface area contributed by atoms with Crippen LogP contribution in [0, 0.1) is 0 Å². The fraction of sp³-hybridized carbons (Fsp3) is 0.600. The van der Waals surface area contributed by atoms with Crippen molar-refractivity contribution in [1.82, 2.24) is 9.80 Å². The fourth-order valence-corrected chi connectivity index (χ4v) is 4.50. The van der Waals surface area contributed by atoms with Crippen LogP contribution in [0.1, 0.15) is 37.7 Å². The molecule has 4 rings (SSSR count). The lowest BCUT2D eigenvalue weighted by Gasteiger charge is -2.38. The molecule has 0 spiro atoms. The molecule has 2 fully saturated rings. The molecule has 27 heavy (non-hydrogen) atoms. The summed E-state index contributed by atoms with van der Waals surface area (Å²) in [5.74, 6) is 1.46. The summed E-state index contributed by atoms with van der Waals surface area (Å²) < 4.78 is 11.2. The highest BCUT2D eigenvalue weighted by molar-refractivity contribution is 6.32. The molecule has 3 heterocycles. The predicted octanol–water partition coefficient (Wildman–Crippen LogP) is 2.66. The Kier molecular flexibility index (Phi) is 5.43. The SMILES string of the molecule is O=C1CCCN1CC1CCCCN1C(=O)Cc1cc(Cl)c2c(c1)OCCO2. The second-order valence-electron chi connectivity index (χ2n) is 7.46. The average molecular weight is 393 g/mol. The van der Waals surface area contributed by atoms with Crippen LogP contribution < -0.4 is 9.47 Å². The van der Waals surface area contributed by atoms with E-state index in [1.54, 1.807) is 6.07 Å². The summed E-state index contributed by atoms with van der Waals surface area (Å²) in [6, 6.07) is 3.75. The molecule has 7 heteroatoms. The summed E-state index contributed by atoms with van der Waals surface area (Å²) in [6.07, 6.45) is 4.91. The van der Waals surface area contributed by atoms with E-state index in [0.29, 0.717) is 42.7 Å². The average Bonchev–Trinajstić information content (AvgIpc) is 3.07. The van der Waals surface area contributed by atoms with E-state index in [4.69, 9.17) is 21.1 Å². The molecule has 1 atom stereocenters. The molecule has 2 amide bonds. The van der Waals surface area contributed by atoms with E-state index in [0.717, 1.165) is 44.3 Å². The molecule has 3 aliphatic rings. The van der Waals surface area contributed by atoms with Gasteiger partial charge in [-0.1, -0.05) is 11.6 Å². The lowest BCUT2D eigenvalue weighted by atomic mass is 10.00. The van der Waals surface area contributed by atoms with Crippen LogP contribution in [-0.2, 0) is 16.0 Å². The normalized spacial score (nSPS) is 22.3. The smallest absolute Gasteiger partial charge is 0.227 e. The van der Waals surface area contributed by atoms with Gasteiger partial charge in [-0.25, -0.2) is 0 Å². The molecule has 0 aromatic heterocycles. The Bertz CT molecular complexity index is 739. The van der Waals surface area contributed by atoms with Crippen molar-refractivity contribution in [2.45, 2.75) is 44.6 Å². The minimum Gasteiger partial charge on any atom is -0.486 e. The van der Waals surface area contributed by atoms with Gasteiger partial charge < -0.3 is 19.3 Å². The lowest BCUT2D eigenvalue weighted by molar-refractivity contribution is -0.137. The van der Waals surface area contributed by atoms with Crippen molar-refractivity contribution in [3.63, 3.8) is 0 Å². The molecule has 1 aromatic rings. The number of carbonyl (C=O) groups is 2. The Morgan fingerprint density at radius 2 is 2.00 bits per heavy atom. The quantitative estimate of drug-likeness (QED) is 0.790. The molecule has 0 radical (unpaired) electrons. The van der Waals surface area contributed by atoms with Gasteiger partial charge in [0.15, 0.2) is 11.5 Å². The van der Waals surface area contributed by atoms with Gasteiger partial charge in [0.2, 0.25) is 11.8 Å². The van der Waals surface area contributed by atoms with Gasteiger partial charge >= 0.3 is 0 Å². The zero-order valence-electron chi connectivity index (χ0n) is 15.4. The maximum atomic E-state index is 13.0. The van der Waals surface area contributed by atoms with Crippen LogP contribution in [0.2, 0.25) is 5.02 Å². The summed E-state index contributed by atoms with van der Waals surface area (Å²) in [7, 11) is 0. The molecule has 0 N–H and O–H groups in total. The highest BCUT2D eigenvalue weighted by Gasteiger charge is 2.31. The van der Waals surface area contributed by atoms with E-state index in [-0.39, 0.29) is 24.3 Å². The standard InChI is InChI=1S/C20H25ClN2O4/c21-16-10-14(11-17-20(16)27-9-8-26-17)12-19(25)23-7-2-1-4-15(23)13-22-6-3-5-18(22)24/h10-11,15H,1-9,12-13H2. The number of likely N-dealkylation sites (tertiary alicyclic amines) is 2. The van der Waals surface area contributed by atoms with Crippen molar-refractivity contribution in [1.29, 1.82) is 0 Å². The first-order chi connectivity index (χ1) is 13.1. The number of rotatable bonds is 4. The van der Waals surface area contributed by atoms with Gasteiger partial charge in [-0.2, -0.15) is 0 Å². The van der Waals surface area contributed by atoms with Crippen molar-refractivity contribution < 1.29 is 19.1 Å². The number of halogens is 1. The van der Waals surface area contributed by atoms with E-state index in [2.05, 4.69) is 0 Å². The van der Waals surface area contributed by atoms with Gasteiger partial charge in [-0.15, -0.1) is 0 Å². The van der Waals surface area contributed by atoms with Gasteiger partial charge in [0.05, 0.1) is 11.4 Å². The lowest BCUT2D eigenvalue weighted by Crippen LogP contribution is -2.50. The minimum absolute atomic E-state index is 0.0825. The monoisotopic (exact) mass is 392 g/mol. The number of ether oxygens (including phenoxy) is 2. The predicted molar refractivity (Wildman–Crippen MR) is 101 cm³/mol. The Balaban J connectivity index is 1.46. The highest BCUT2D eigenvalue weighted by Crippen LogP contribution is 2.38. The molecule has 0 bridgehead atoms. The molecule has 6 nitrogen and oxygen atoms in total. The van der Waals surface area contributed by atoms with Crippen LogP contribution in [-0.4, -0.2) is 60.5 Å². The molecule has 146 valence electrons. The largest absolute Gasteiger partial charge is 0.486 e. The van der Waals surface area contributed by atoms with Gasteiger partial charge in [-0.3, -0.25) is 9.59 Å². The second-order valence-corrected chi connectivity index (χ2v) is 7.87. The molecule has 0 saturated carbocycles. The molecular formula is C20H25ClN2O4. The van der Waals surface area contributed by atoms with Gasteiger partial charge in [0.1, 0.15) is 13.2 Å². The van der Waals surface area contributed by atoms with Crippen LogP contribution in [0.5, 0.6) is 11.5 Å². The zero-order valence-corrected chi connectivity index (χ0v) is 16.2. The van der Waals surface area contributed by atoms with E-state index in [9.17, 15) is 9.59 Å². The Morgan fingerprint density at radius 1 is 1.15 bits per heavy atom. The van der Waals surface area contributed by atoms with Crippen molar-refractivity contribution in [3.05, 3.63) is 22.7 Å². The highest BCUT2D eigenvalue weighted by atomic mass is 35.5. The summed E-state index contributed by atoms with van der Waals surface area (Å²) in [4.78, 5) is 28.9. The number of piperidine rings is 1. The van der Waals surface area contributed by atoms with E-state index in [1.165, 1.54) is 0 Å². The maximum absolute atomic E-state index is 13.0. The van der Waals surface area contributed by atoms with E-state index >= 15 is 0 Å². The number of hydrogen-bond donors (Lipinski definition) is 0. The fourth-order valence-electron chi connectivity index (χ4n) is 4.21. The van der Waals surface area contributed by atoms with Crippen molar-refractivity contribution in [2.75, 3.05) is 32.8 Å². The van der Waals surface area contributed by atoms with E-state index in [1.807, 2.05) is 15.9 Å². The third kappa shape index (κ3) is 4.00. The third-order valence-electron chi connectivity index (χ3n) is 5.56. The van der Waals surface area contributed by atoms with Crippen molar-refractivity contribution >= 4 is 23.4 Å². The van der Waals surface area contributed by atoms with Crippen LogP contribution in [0.3, 0.4) is 0 Å². The van der Waals surface area contributed by atoms with Gasteiger partial charge in [0.25, 0.3) is 0 Å². The second kappa shape index (κ2) is 7.97. The number of amides is 2. The first-order valence-electron chi connectivity index (χ1n) is 9.77. The summed E-state index contributed by atoms with van der Waals surface area (Å²) in [5, 5.41) is 0.479. The number of benzene rings is 1. The van der Waals surface area contributed by atoms with Gasteiger partial charge in [-0.05, 0) is 43.4 Å². The number of fused-ring (bicyclic) bond motifs is 1. The molecule has 1 unspecified atom stereocenters. The van der Waals surface area contributed by atoms with Crippen LogP contribution in [0.15, 0.2) is 12.1 Å². The molecule has 2 saturated heterocycles. The maximum Gasteiger partial charge on any atom is 0.227 e. The molecular weight excluding hydrogens is 368 g/mol. The van der Waals surface area contributed by atoms with Crippen molar-refractivity contribution in [3.8, 4) is 11.5 Å². The Labute approximate surface area is 164 Å². The first kappa shape index (κ1) is 18.4. The van der Waals surface area contributed by atoms with Crippen molar-refractivity contribution in [2.24, 2.45) is 0 Å². The van der Waals surface area contributed by atoms with E-state index < -0.39 is 0 Å². The topological polar surface area (TPSA) is 59.1 Å². The Morgan fingerprint density at radius 3 is 2.81 bits per heavy atom. The summed E-state index contributed by atoms with van der Waals surface area (Å²) in [5.41, 5.74) is 0.829. The number of nitrogens with zero attached hydrogens (tertiary/aromatic N) is 2. The minimum atomic E-state index is 0.0825. The molecule has 3 aliphatic heterocycles. The third-order valence-corrected chi connectivity index (χ3v) is 5.84. The Hall–Kier alpha value is -1.95. The summed E-state index contributed by atoms with van der Waals surface area (Å²) in [6.45, 7) is 3.19. The van der Waals surface area contributed by atoms with Gasteiger partial charge in [0, 0.05) is 32.1 Å². The van der Waals surface area contributed by atoms with Crippen LogP contribution in [0.25, 0.3) is 0 Å². The van der Waals surface area contributed by atoms with Crippen LogP contribution in [0.4, 0.5) is 0 Å². The summed E-state index contributed by atoms with van der Waals surface area (Å²) >= 11 is 6.30.